The smallest absolute Gasteiger partial charge is 0.0447 e. The molecule has 0 bridgehead atoms. The van der Waals surface area contributed by atoms with Crippen LogP contribution in [0, 0.1) is 0 Å². The molecule has 0 atom stereocenters. The number of nitrogen functional groups attached to an aromatic ring is 1. The van der Waals surface area contributed by atoms with E-state index in [0.717, 1.165) is 35.5 Å². The average Bonchev–Trinajstić information content (AvgIpc) is 2.85. The number of anilines is 2. The van der Waals surface area contributed by atoms with Crippen molar-refractivity contribution in [1.29, 1.82) is 0 Å². The Labute approximate surface area is 105 Å². The quantitative estimate of drug-likeness (QED) is 0.563. The zero-order valence-corrected chi connectivity index (χ0v) is 10.3. The first kappa shape index (κ1) is 12.0. The van der Waals surface area contributed by atoms with Crippen LogP contribution in [0.5, 0.6) is 0 Å². The molecule has 0 saturated carbocycles. The predicted molar refractivity (Wildman–Crippen MR) is 74.4 cm³/mol. The molecule has 4 N–H and O–H groups in total. The molecular formula is C13H16N2OS. The maximum absolute atomic E-state index is 8.73. The fourth-order valence-corrected chi connectivity index (χ4v) is 2.30. The molecule has 2 rings (SSSR count). The Morgan fingerprint density at radius 1 is 1.29 bits per heavy atom. The minimum absolute atomic E-state index is 0.208. The van der Waals surface area contributed by atoms with Crippen LogP contribution in [-0.4, -0.2) is 18.3 Å². The van der Waals surface area contributed by atoms with E-state index in [9.17, 15) is 0 Å². The van der Waals surface area contributed by atoms with E-state index >= 15 is 0 Å². The van der Waals surface area contributed by atoms with Gasteiger partial charge in [0.05, 0.1) is 0 Å². The standard InChI is InChI=1S/C13H16N2OS/c14-13-3-2-11(15-5-1-6-16)8-12(13)10-4-7-17-9-10/h2-4,7-9,15-16H,1,5-6,14H2. The molecule has 0 aliphatic carbocycles. The highest BCUT2D eigenvalue weighted by Gasteiger charge is 2.04. The number of nitrogens with two attached hydrogens (primary N) is 1. The lowest BCUT2D eigenvalue weighted by atomic mass is 10.1. The van der Waals surface area contributed by atoms with Crippen molar-refractivity contribution in [3.05, 3.63) is 35.0 Å². The van der Waals surface area contributed by atoms with E-state index in [1.165, 1.54) is 0 Å². The van der Waals surface area contributed by atoms with Gasteiger partial charge in [-0.25, -0.2) is 0 Å². The van der Waals surface area contributed by atoms with Gasteiger partial charge in [-0.2, -0.15) is 11.3 Å². The summed E-state index contributed by atoms with van der Waals surface area (Å²) in [7, 11) is 0. The number of thiophene rings is 1. The van der Waals surface area contributed by atoms with Crippen molar-refractivity contribution in [3.8, 4) is 11.1 Å². The van der Waals surface area contributed by atoms with Gasteiger partial charge in [0.1, 0.15) is 0 Å². The second-order valence-corrected chi connectivity index (χ2v) is 4.60. The van der Waals surface area contributed by atoms with E-state index in [1.807, 2.05) is 17.5 Å². The Morgan fingerprint density at radius 2 is 2.18 bits per heavy atom. The Balaban J connectivity index is 2.18. The number of aliphatic hydroxyl groups excluding tert-OH is 1. The lowest BCUT2D eigenvalue weighted by Crippen LogP contribution is -2.03. The van der Waals surface area contributed by atoms with E-state index in [4.69, 9.17) is 10.8 Å². The van der Waals surface area contributed by atoms with Crippen LogP contribution in [0.15, 0.2) is 35.0 Å². The molecule has 1 aromatic heterocycles. The summed E-state index contributed by atoms with van der Waals surface area (Å²) in [4.78, 5) is 0. The maximum Gasteiger partial charge on any atom is 0.0447 e. The number of aliphatic hydroxyl groups is 1. The van der Waals surface area contributed by atoms with Gasteiger partial charge < -0.3 is 16.2 Å². The molecule has 0 fully saturated rings. The zero-order chi connectivity index (χ0) is 12.1. The lowest BCUT2D eigenvalue weighted by Gasteiger charge is -2.09. The number of hydrogen-bond donors (Lipinski definition) is 3. The molecule has 0 unspecified atom stereocenters. The molecule has 0 amide bonds. The minimum atomic E-state index is 0.208. The third-order valence-corrected chi connectivity index (χ3v) is 3.23. The Bertz CT molecular complexity index is 468. The van der Waals surface area contributed by atoms with Gasteiger partial charge in [0.2, 0.25) is 0 Å². The van der Waals surface area contributed by atoms with Gasteiger partial charge in [0.15, 0.2) is 0 Å². The molecule has 0 radical (unpaired) electrons. The SMILES string of the molecule is Nc1ccc(NCCCO)cc1-c1ccsc1. The molecule has 3 nitrogen and oxygen atoms in total. The first-order valence-corrected chi connectivity index (χ1v) is 6.52. The third-order valence-electron chi connectivity index (χ3n) is 2.55. The van der Waals surface area contributed by atoms with Crippen LogP contribution < -0.4 is 11.1 Å². The predicted octanol–water partition coefficient (Wildman–Crippen LogP) is 2.79. The molecule has 0 aliphatic rings. The van der Waals surface area contributed by atoms with Gasteiger partial charge in [0, 0.05) is 30.1 Å². The molecule has 0 spiro atoms. The first-order valence-electron chi connectivity index (χ1n) is 5.58. The highest BCUT2D eigenvalue weighted by atomic mass is 32.1. The second kappa shape index (κ2) is 5.70. The van der Waals surface area contributed by atoms with Crippen molar-refractivity contribution in [1.82, 2.24) is 0 Å². The van der Waals surface area contributed by atoms with E-state index in [0.29, 0.717) is 0 Å². The van der Waals surface area contributed by atoms with E-state index in [1.54, 1.807) is 11.3 Å². The van der Waals surface area contributed by atoms with Crippen LogP contribution >= 0.6 is 11.3 Å². The fourth-order valence-electron chi connectivity index (χ4n) is 1.65. The summed E-state index contributed by atoms with van der Waals surface area (Å²) in [6, 6.07) is 7.99. The number of nitrogens with one attached hydrogen (secondary N) is 1. The molecule has 17 heavy (non-hydrogen) atoms. The number of benzene rings is 1. The Morgan fingerprint density at radius 3 is 2.88 bits per heavy atom. The van der Waals surface area contributed by atoms with Crippen LogP contribution in [0.2, 0.25) is 0 Å². The van der Waals surface area contributed by atoms with Gasteiger partial charge >= 0.3 is 0 Å². The monoisotopic (exact) mass is 248 g/mol. The molecule has 0 saturated heterocycles. The topological polar surface area (TPSA) is 58.3 Å². The van der Waals surface area contributed by atoms with Crippen molar-refractivity contribution in [2.75, 3.05) is 24.2 Å². The summed E-state index contributed by atoms with van der Waals surface area (Å²) in [5, 5.41) is 16.1. The van der Waals surface area contributed by atoms with Crippen molar-refractivity contribution >= 4 is 22.7 Å². The molecule has 0 aliphatic heterocycles. The van der Waals surface area contributed by atoms with Crippen LogP contribution in [-0.2, 0) is 0 Å². The average molecular weight is 248 g/mol. The number of rotatable bonds is 5. The Kier molecular flexibility index (Phi) is 4.01. The summed E-state index contributed by atoms with van der Waals surface area (Å²) >= 11 is 1.66. The van der Waals surface area contributed by atoms with Gasteiger partial charge in [-0.3, -0.25) is 0 Å². The van der Waals surface area contributed by atoms with Gasteiger partial charge in [-0.1, -0.05) is 0 Å². The van der Waals surface area contributed by atoms with E-state index < -0.39 is 0 Å². The van der Waals surface area contributed by atoms with Crippen molar-refractivity contribution in [3.63, 3.8) is 0 Å². The molecular weight excluding hydrogens is 232 g/mol. The summed E-state index contributed by atoms with van der Waals surface area (Å²) in [6.45, 7) is 0.975. The van der Waals surface area contributed by atoms with Crippen molar-refractivity contribution in [2.24, 2.45) is 0 Å². The molecule has 2 aromatic rings. The molecule has 1 heterocycles. The van der Waals surface area contributed by atoms with Gasteiger partial charge in [-0.05, 0) is 47.0 Å². The minimum Gasteiger partial charge on any atom is -0.398 e. The number of hydrogen-bond acceptors (Lipinski definition) is 4. The summed E-state index contributed by atoms with van der Waals surface area (Å²) in [5.74, 6) is 0. The van der Waals surface area contributed by atoms with Crippen LogP contribution in [0.25, 0.3) is 11.1 Å². The zero-order valence-electron chi connectivity index (χ0n) is 9.52. The van der Waals surface area contributed by atoms with E-state index in [-0.39, 0.29) is 6.61 Å². The molecule has 1 aromatic carbocycles. The second-order valence-electron chi connectivity index (χ2n) is 3.82. The van der Waals surface area contributed by atoms with E-state index in [2.05, 4.69) is 22.8 Å². The Hall–Kier alpha value is -1.52. The summed E-state index contributed by atoms with van der Waals surface area (Å²) in [5.41, 5.74) is 10.0. The van der Waals surface area contributed by atoms with Crippen LogP contribution in [0.4, 0.5) is 11.4 Å². The largest absolute Gasteiger partial charge is 0.398 e. The lowest BCUT2D eigenvalue weighted by molar-refractivity contribution is 0.292. The third kappa shape index (κ3) is 2.99. The van der Waals surface area contributed by atoms with Crippen molar-refractivity contribution < 1.29 is 5.11 Å². The summed E-state index contributed by atoms with van der Waals surface area (Å²) in [6.07, 6.45) is 0.748. The molecule has 90 valence electrons. The fraction of sp³-hybridized carbons (Fsp3) is 0.231. The normalized spacial score (nSPS) is 10.4. The van der Waals surface area contributed by atoms with Crippen LogP contribution in [0.1, 0.15) is 6.42 Å². The maximum atomic E-state index is 8.73. The van der Waals surface area contributed by atoms with Crippen LogP contribution in [0.3, 0.4) is 0 Å². The first-order chi connectivity index (χ1) is 8.31. The molecule has 4 heteroatoms. The van der Waals surface area contributed by atoms with Crippen molar-refractivity contribution in [2.45, 2.75) is 6.42 Å². The van der Waals surface area contributed by atoms with Gasteiger partial charge in [0.25, 0.3) is 0 Å². The summed E-state index contributed by atoms with van der Waals surface area (Å²) < 4.78 is 0. The highest BCUT2D eigenvalue weighted by Crippen LogP contribution is 2.30. The van der Waals surface area contributed by atoms with Gasteiger partial charge in [-0.15, -0.1) is 0 Å². The highest BCUT2D eigenvalue weighted by molar-refractivity contribution is 7.08.